The van der Waals surface area contributed by atoms with Gasteiger partial charge in [0.25, 0.3) is 0 Å². The Hall–Kier alpha value is -1.30. The van der Waals surface area contributed by atoms with Gasteiger partial charge in [-0.2, -0.15) is 0 Å². The number of carbonyl (C=O) groups is 2. The van der Waals surface area contributed by atoms with Gasteiger partial charge in [-0.3, -0.25) is 4.79 Å². The monoisotopic (exact) mass is 270 g/mol. The highest BCUT2D eigenvalue weighted by atomic mass is 16.5. The van der Waals surface area contributed by atoms with Crippen LogP contribution in [0.25, 0.3) is 0 Å². The number of carboxylic acids is 1. The van der Waals surface area contributed by atoms with Crippen LogP contribution in [0.2, 0.25) is 0 Å². The number of carbonyl (C=O) groups excluding carboxylic acids is 1. The minimum Gasteiger partial charge on any atom is -0.480 e. The number of nitrogens with zero attached hydrogens (tertiary/aromatic N) is 1. The van der Waals surface area contributed by atoms with E-state index in [1.165, 1.54) is 4.90 Å². The molecule has 1 saturated carbocycles. The summed E-state index contributed by atoms with van der Waals surface area (Å²) in [5.74, 6) is -0.508. The Balaban J connectivity index is 1.95. The molecule has 6 heteroatoms. The number of rotatable bonds is 5. The summed E-state index contributed by atoms with van der Waals surface area (Å²) in [7, 11) is 0. The first-order chi connectivity index (χ1) is 8.90. The van der Waals surface area contributed by atoms with Gasteiger partial charge in [0.15, 0.2) is 0 Å². The van der Waals surface area contributed by atoms with Gasteiger partial charge in [0.05, 0.1) is 11.6 Å². The molecule has 2 amide bonds. The molecule has 2 rings (SSSR count). The van der Waals surface area contributed by atoms with E-state index in [0.29, 0.717) is 19.1 Å². The Bertz CT molecular complexity index is 370. The standard InChI is InChI=1S/C13H22N2O4/c1-9-13(2,5-6-19-9)14-12(18)15(8-11(16)17)7-10-3-4-10/h9-10H,3-8H2,1-2H3,(H,14,18)(H,16,17). The van der Waals surface area contributed by atoms with E-state index in [9.17, 15) is 9.59 Å². The van der Waals surface area contributed by atoms with Gasteiger partial charge in [-0.25, -0.2) is 4.79 Å². The third-order valence-corrected chi connectivity index (χ3v) is 4.07. The molecule has 0 aromatic rings. The molecule has 2 atom stereocenters. The fraction of sp³-hybridized carbons (Fsp3) is 0.846. The van der Waals surface area contributed by atoms with Gasteiger partial charge >= 0.3 is 12.0 Å². The third-order valence-electron chi connectivity index (χ3n) is 4.07. The predicted octanol–water partition coefficient (Wildman–Crippen LogP) is 1.06. The second-order valence-corrected chi connectivity index (χ2v) is 5.83. The van der Waals surface area contributed by atoms with E-state index in [1.807, 2.05) is 13.8 Å². The van der Waals surface area contributed by atoms with Crippen molar-refractivity contribution >= 4 is 12.0 Å². The molecule has 1 heterocycles. The normalized spacial score (nSPS) is 30.1. The molecular formula is C13H22N2O4. The molecule has 19 heavy (non-hydrogen) atoms. The maximum Gasteiger partial charge on any atom is 0.323 e. The van der Waals surface area contributed by atoms with Crippen molar-refractivity contribution in [1.29, 1.82) is 0 Å². The molecular weight excluding hydrogens is 248 g/mol. The number of amides is 2. The predicted molar refractivity (Wildman–Crippen MR) is 68.9 cm³/mol. The number of hydrogen-bond acceptors (Lipinski definition) is 3. The number of urea groups is 1. The summed E-state index contributed by atoms with van der Waals surface area (Å²) in [4.78, 5) is 24.5. The van der Waals surface area contributed by atoms with E-state index in [1.54, 1.807) is 0 Å². The zero-order chi connectivity index (χ0) is 14.0. The van der Waals surface area contributed by atoms with E-state index in [-0.39, 0.29) is 18.7 Å². The summed E-state index contributed by atoms with van der Waals surface area (Å²) in [6, 6.07) is -0.297. The van der Waals surface area contributed by atoms with Crippen LogP contribution in [0.1, 0.15) is 33.1 Å². The van der Waals surface area contributed by atoms with Gasteiger partial charge in [-0.1, -0.05) is 0 Å². The lowest BCUT2D eigenvalue weighted by Crippen LogP contribution is -2.56. The van der Waals surface area contributed by atoms with Crippen LogP contribution in [0.15, 0.2) is 0 Å². The largest absolute Gasteiger partial charge is 0.480 e. The van der Waals surface area contributed by atoms with Crippen molar-refractivity contribution in [3.8, 4) is 0 Å². The molecule has 2 N–H and O–H groups in total. The Kier molecular flexibility index (Phi) is 3.99. The topological polar surface area (TPSA) is 78.9 Å². The average molecular weight is 270 g/mol. The minimum absolute atomic E-state index is 0.0518. The maximum absolute atomic E-state index is 12.2. The Labute approximate surface area is 113 Å². The van der Waals surface area contributed by atoms with Gasteiger partial charge in [0.1, 0.15) is 6.54 Å². The van der Waals surface area contributed by atoms with Gasteiger partial charge in [-0.05, 0) is 39.0 Å². The molecule has 2 unspecified atom stereocenters. The Morgan fingerprint density at radius 1 is 1.47 bits per heavy atom. The zero-order valence-corrected chi connectivity index (χ0v) is 11.5. The van der Waals surface area contributed by atoms with Crippen molar-refractivity contribution < 1.29 is 19.4 Å². The summed E-state index contributed by atoms with van der Waals surface area (Å²) in [6.45, 7) is 4.78. The van der Waals surface area contributed by atoms with Gasteiger partial charge in [0, 0.05) is 13.2 Å². The first-order valence-electron chi connectivity index (χ1n) is 6.81. The van der Waals surface area contributed by atoms with Crippen LogP contribution in [0.5, 0.6) is 0 Å². The summed E-state index contributed by atoms with van der Waals surface area (Å²) in [6.07, 6.45) is 2.87. The van der Waals surface area contributed by atoms with E-state index >= 15 is 0 Å². The van der Waals surface area contributed by atoms with Crippen LogP contribution >= 0.6 is 0 Å². The SMILES string of the molecule is CC1OCCC1(C)NC(=O)N(CC(=O)O)CC1CC1. The van der Waals surface area contributed by atoms with E-state index < -0.39 is 11.5 Å². The molecule has 0 radical (unpaired) electrons. The van der Waals surface area contributed by atoms with Crippen molar-refractivity contribution in [1.82, 2.24) is 10.2 Å². The van der Waals surface area contributed by atoms with Crippen LogP contribution in [-0.2, 0) is 9.53 Å². The summed E-state index contributed by atoms with van der Waals surface area (Å²) >= 11 is 0. The lowest BCUT2D eigenvalue weighted by Gasteiger charge is -2.32. The van der Waals surface area contributed by atoms with Crippen molar-refractivity contribution in [3.05, 3.63) is 0 Å². The Morgan fingerprint density at radius 2 is 2.16 bits per heavy atom. The number of nitrogens with one attached hydrogen (secondary N) is 1. The van der Waals surface area contributed by atoms with Crippen LogP contribution < -0.4 is 5.32 Å². The van der Waals surface area contributed by atoms with Crippen LogP contribution in [0.4, 0.5) is 4.79 Å². The summed E-state index contributed by atoms with van der Waals surface area (Å²) in [5, 5.41) is 11.8. The van der Waals surface area contributed by atoms with Crippen molar-refractivity contribution in [2.75, 3.05) is 19.7 Å². The molecule has 2 fully saturated rings. The quantitative estimate of drug-likeness (QED) is 0.783. The van der Waals surface area contributed by atoms with Crippen LogP contribution in [0, 0.1) is 5.92 Å². The van der Waals surface area contributed by atoms with Crippen molar-refractivity contribution in [3.63, 3.8) is 0 Å². The fourth-order valence-corrected chi connectivity index (χ4v) is 2.32. The second kappa shape index (κ2) is 5.36. The van der Waals surface area contributed by atoms with Gasteiger partial charge in [0.2, 0.25) is 0 Å². The molecule has 0 spiro atoms. The highest BCUT2D eigenvalue weighted by Gasteiger charge is 2.40. The first-order valence-corrected chi connectivity index (χ1v) is 6.81. The van der Waals surface area contributed by atoms with E-state index in [0.717, 1.165) is 19.3 Å². The number of ether oxygens (including phenoxy) is 1. The first kappa shape index (κ1) is 14.1. The van der Waals surface area contributed by atoms with Crippen LogP contribution in [-0.4, -0.2) is 53.3 Å². The lowest BCUT2D eigenvalue weighted by atomic mass is 9.95. The van der Waals surface area contributed by atoms with Gasteiger partial charge < -0.3 is 20.1 Å². The summed E-state index contributed by atoms with van der Waals surface area (Å²) < 4.78 is 5.47. The molecule has 0 aromatic carbocycles. The average Bonchev–Trinajstić information content (AvgIpc) is 3.05. The molecule has 0 aromatic heterocycles. The zero-order valence-electron chi connectivity index (χ0n) is 11.5. The minimum atomic E-state index is -0.975. The van der Waals surface area contributed by atoms with Crippen LogP contribution in [0.3, 0.4) is 0 Å². The van der Waals surface area contributed by atoms with E-state index in [4.69, 9.17) is 9.84 Å². The van der Waals surface area contributed by atoms with Crippen molar-refractivity contribution in [2.45, 2.75) is 44.8 Å². The third kappa shape index (κ3) is 3.59. The molecule has 0 bridgehead atoms. The lowest BCUT2D eigenvalue weighted by molar-refractivity contribution is -0.137. The molecule has 2 aliphatic rings. The highest BCUT2D eigenvalue weighted by Crippen LogP contribution is 2.30. The van der Waals surface area contributed by atoms with Gasteiger partial charge in [-0.15, -0.1) is 0 Å². The molecule has 1 aliphatic heterocycles. The summed E-state index contributed by atoms with van der Waals surface area (Å²) in [5.41, 5.74) is -0.405. The maximum atomic E-state index is 12.2. The molecule has 1 saturated heterocycles. The number of hydrogen-bond donors (Lipinski definition) is 2. The van der Waals surface area contributed by atoms with Crippen molar-refractivity contribution in [2.24, 2.45) is 5.92 Å². The highest BCUT2D eigenvalue weighted by molar-refractivity contribution is 5.80. The van der Waals surface area contributed by atoms with E-state index in [2.05, 4.69) is 5.32 Å². The molecule has 1 aliphatic carbocycles. The Morgan fingerprint density at radius 3 is 2.63 bits per heavy atom. The smallest absolute Gasteiger partial charge is 0.323 e. The number of carboxylic acid groups (broad SMARTS) is 1. The molecule has 108 valence electrons. The second-order valence-electron chi connectivity index (χ2n) is 5.83. The number of aliphatic carboxylic acids is 1. The molecule has 6 nitrogen and oxygen atoms in total. The fourth-order valence-electron chi connectivity index (χ4n) is 2.32.